The molecule has 0 radical (unpaired) electrons. The molecule has 0 spiro atoms. The van der Waals surface area contributed by atoms with E-state index in [9.17, 15) is 31.7 Å². The van der Waals surface area contributed by atoms with E-state index in [1.54, 1.807) is 0 Å². The van der Waals surface area contributed by atoms with Crippen molar-refractivity contribution < 1.29 is 26.5 Å². The van der Waals surface area contributed by atoms with Gasteiger partial charge in [-0.1, -0.05) is 6.07 Å². The van der Waals surface area contributed by atoms with Gasteiger partial charge in [-0.2, -0.15) is 13.2 Å². The number of benzene rings is 1. The second-order valence-electron chi connectivity index (χ2n) is 3.28. The molecule has 1 aromatic rings. The fourth-order valence-corrected chi connectivity index (χ4v) is 2.19. The average Bonchev–Trinajstić information content (AvgIpc) is 2.13. The van der Waals surface area contributed by atoms with Gasteiger partial charge in [0.2, 0.25) is 9.05 Å². The first-order chi connectivity index (χ1) is 8.00. The first-order valence-electron chi connectivity index (χ1n) is 4.27. The Balaban J connectivity index is 3.34. The Hall–Kier alpha value is -1.35. The van der Waals surface area contributed by atoms with Crippen LogP contribution in [-0.4, -0.2) is 13.3 Å². The molecule has 18 heavy (non-hydrogen) atoms. The lowest BCUT2D eigenvalue weighted by Crippen LogP contribution is -2.08. The highest BCUT2D eigenvalue weighted by Gasteiger charge is 2.33. The lowest BCUT2D eigenvalue weighted by atomic mass is 10.1. The Morgan fingerprint density at radius 1 is 1.33 bits per heavy atom. The maximum absolute atomic E-state index is 12.3. The van der Waals surface area contributed by atoms with Crippen LogP contribution in [0.4, 0.5) is 18.9 Å². The average molecular weight is 304 g/mol. The Morgan fingerprint density at radius 2 is 1.89 bits per heavy atom. The number of nitro benzene ring substituents is 1. The zero-order valence-electron chi connectivity index (χ0n) is 8.44. The predicted molar refractivity (Wildman–Crippen MR) is 56.6 cm³/mol. The lowest BCUT2D eigenvalue weighted by molar-refractivity contribution is -0.385. The monoisotopic (exact) mass is 303 g/mol. The summed E-state index contributed by atoms with van der Waals surface area (Å²) in [7, 11) is 0.806. The Bertz CT molecular complexity index is 584. The molecule has 0 heterocycles. The Labute approximate surface area is 104 Å². The number of alkyl halides is 3. The molecule has 0 saturated carbocycles. The van der Waals surface area contributed by atoms with Crippen molar-refractivity contribution >= 4 is 25.4 Å². The van der Waals surface area contributed by atoms with E-state index in [-0.39, 0.29) is 6.07 Å². The second kappa shape index (κ2) is 4.73. The first-order valence-corrected chi connectivity index (χ1v) is 6.75. The van der Waals surface area contributed by atoms with E-state index < -0.39 is 42.7 Å². The zero-order valence-corrected chi connectivity index (χ0v) is 10.0. The molecule has 10 heteroatoms. The summed E-state index contributed by atoms with van der Waals surface area (Å²) < 4.78 is 58.6. The predicted octanol–water partition coefficient (Wildman–Crippen LogP) is 2.68. The van der Waals surface area contributed by atoms with E-state index in [4.69, 9.17) is 10.7 Å². The first kappa shape index (κ1) is 14.7. The third kappa shape index (κ3) is 3.84. The number of nitrogens with zero attached hydrogens (tertiary/aromatic N) is 1. The molecule has 0 atom stereocenters. The fourth-order valence-electron chi connectivity index (χ4n) is 1.22. The van der Waals surface area contributed by atoms with Crippen LogP contribution in [0, 0.1) is 10.1 Å². The Kier molecular flexibility index (Phi) is 3.86. The van der Waals surface area contributed by atoms with E-state index in [2.05, 4.69) is 0 Å². The molecule has 0 fully saturated rings. The van der Waals surface area contributed by atoms with Crippen molar-refractivity contribution in [2.24, 2.45) is 0 Å². The van der Waals surface area contributed by atoms with Gasteiger partial charge in [0.05, 0.1) is 16.2 Å². The molecule has 100 valence electrons. The minimum atomic E-state index is -4.75. The third-order valence-electron chi connectivity index (χ3n) is 1.94. The SMILES string of the molecule is O=[N+]([O-])c1cc(C(F)(F)F)ccc1CS(=O)(=O)Cl. The van der Waals surface area contributed by atoms with E-state index in [0.29, 0.717) is 6.07 Å². The van der Waals surface area contributed by atoms with Crippen LogP contribution in [0.1, 0.15) is 11.1 Å². The van der Waals surface area contributed by atoms with Crippen molar-refractivity contribution in [1.82, 2.24) is 0 Å². The summed E-state index contributed by atoms with van der Waals surface area (Å²) in [5.41, 5.74) is -2.57. The van der Waals surface area contributed by atoms with Crippen LogP contribution in [0.5, 0.6) is 0 Å². The molecular weight excluding hydrogens is 299 g/mol. The molecule has 0 aliphatic carbocycles. The summed E-state index contributed by atoms with van der Waals surface area (Å²) in [6, 6.07) is 1.56. The van der Waals surface area contributed by atoms with Gasteiger partial charge >= 0.3 is 6.18 Å². The molecule has 0 bridgehead atoms. The molecule has 0 aromatic heterocycles. The van der Waals surface area contributed by atoms with Crippen LogP contribution < -0.4 is 0 Å². The van der Waals surface area contributed by atoms with Crippen molar-refractivity contribution in [3.8, 4) is 0 Å². The zero-order chi connectivity index (χ0) is 14.1. The van der Waals surface area contributed by atoms with Gasteiger partial charge in [0.1, 0.15) is 0 Å². The molecule has 5 nitrogen and oxygen atoms in total. The van der Waals surface area contributed by atoms with Crippen LogP contribution in [0.3, 0.4) is 0 Å². The van der Waals surface area contributed by atoms with Crippen molar-refractivity contribution in [1.29, 1.82) is 0 Å². The highest BCUT2D eigenvalue weighted by molar-refractivity contribution is 8.13. The minimum Gasteiger partial charge on any atom is -0.258 e. The van der Waals surface area contributed by atoms with Gasteiger partial charge < -0.3 is 0 Å². The third-order valence-corrected chi connectivity index (χ3v) is 2.92. The summed E-state index contributed by atoms with van der Waals surface area (Å²) in [5.74, 6) is -0.914. The molecule has 1 rings (SSSR count). The van der Waals surface area contributed by atoms with Crippen LogP contribution in [0.15, 0.2) is 18.2 Å². The van der Waals surface area contributed by atoms with Gasteiger partial charge in [0.15, 0.2) is 0 Å². The van der Waals surface area contributed by atoms with Crippen LogP contribution in [0.25, 0.3) is 0 Å². The molecular formula is C8H5ClF3NO4S. The minimum absolute atomic E-state index is 0.275. The van der Waals surface area contributed by atoms with Gasteiger partial charge in [0, 0.05) is 22.3 Å². The summed E-state index contributed by atoms with van der Waals surface area (Å²) in [4.78, 5) is 9.50. The maximum atomic E-state index is 12.3. The molecule has 0 aliphatic heterocycles. The van der Waals surface area contributed by atoms with Crippen LogP contribution in [0.2, 0.25) is 0 Å². The summed E-state index contributed by atoms with van der Waals surface area (Å²) in [5, 5.41) is 10.6. The number of hydrogen-bond donors (Lipinski definition) is 0. The molecule has 0 amide bonds. The van der Waals surface area contributed by atoms with Crippen LogP contribution in [-0.2, 0) is 21.0 Å². The molecule has 0 saturated heterocycles. The lowest BCUT2D eigenvalue weighted by Gasteiger charge is -2.07. The van der Waals surface area contributed by atoms with Gasteiger partial charge in [-0.25, -0.2) is 8.42 Å². The summed E-state index contributed by atoms with van der Waals surface area (Å²) in [6.45, 7) is 0. The van der Waals surface area contributed by atoms with Crippen molar-refractivity contribution in [2.75, 3.05) is 0 Å². The van der Waals surface area contributed by atoms with Crippen LogP contribution >= 0.6 is 10.7 Å². The smallest absolute Gasteiger partial charge is 0.258 e. The standard InChI is InChI=1S/C8H5ClF3NO4S/c9-18(16,17)4-5-1-2-6(8(10,11)12)3-7(5)13(14)15/h1-3H,4H2. The normalized spacial score (nSPS) is 12.4. The van der Waals surface area contributed by atoms with Crippen molar-refractivity contribution in [3.63, 3.8) is 0 Å². The van der Waals surface area contributed by atoms with Crippen molar-refractivity contribution in [2.45, 2.75) is 11.9 Å². The number of nitro groups is 1. The largest absolute Gasteiger partial charge is 0.416 e. The number of hydrogen-bond acceptors (Lipinski definition) is 4. The van der Waals surface area contributed by atoms with Crippen molar-refractivity contribution in [3.05, 3.63) is 39.4 Å². The molecule has 0 N–H and O–H groups in total. The highest BCUT2D eigenvalue weighted by atomic mass is 35.7. The second-order valence-corrected chi connectivity index (χ2v) is 6.06. The quantitative estimate of drug-likeness (QED) is 0.488. The number of rotatable bonds is 3. The van der Waals surface area contributed by atoms with Gasteiger partial charge in [-0.3, -0.25) is 10.1 Å². The molecule has 1 aromatic carbocycles. The number of halogens is 4. The highest BCUT2D eigenvalue weighted by Crippen LogP contribution is 2.33. The van der Waals surface area contributed by atoms with Gasteiger partial charge in [0.25, 0.3) is 5.69 Å². The van der Waals surface area contributed by atoms with E-state index >= 15 is 0 Å². The molecule has 0 unspecified atom stereocenters. The van der Waals surface area contributed by atoms with E-state index in [0.717, 1.165) is 6.07 Å². The van der Waals surface area contributed by atoms with E-state index in [1.165, 1.54) is 0 Å². The maximum Gasteiger partial charge on any atom is 0.416 e. The van der Waals surface area contributed by atoms with E-state index in [1.807, 2.05) is 0 Å². The van der Waals surface area contributed by atoms with Gasteiger partial charge in [-0.05, 0) is 6.07 Å². The fraction of sp³-hybridized carbons (Fsp3) is 0.250. The summed E-state index contributed by atoms with van der Waals surface area (Å²) >= 11 is 0. The molecule has 0 aliphatic rings. The van der Waals surface area contributed by atoms with Gasteiger partial charge in [-0.15, -0.1) is 0 Å². The topological polar surface area (TPSA) is 77.3 Å². The summed E-state index contributed by atoms with van der Waals surface area (Å²) in [6.07, 6.45) is -4.75. The Morgan fingerprint density at radius 3 is 2.28 bits per heavy atom.